The number of ketones is 1. The monoisotopic (exact) mass is 416 g/mol. The molecule has 0 saturated heterocycles. The zero-order valence-electron chi connectivity index (χ0n) is 15.3. The van der Waals surface area contributed by atoms with Crippen LogP contribution in [-0.4, -0.2) is 17.9 Å². The zero-order valence-corrected chi connectivity index (χ0v) is 15.3. The predicted molar refractivity (Wildman–Crippen MR) is 92.6 cm³/mol. The minimum Gasteiger partial charge on any atom is -0.423 e. The van der Waals surface area contributed by atoms with Crippen molar-refractivity contribution < 1.29 is 40.8 Å². The largest absolute Gasteiger partial charge is 0.492 e. The molecule has 3 rings (SSSR count). The van der Waals surface area contributed by atoms with Gasteiger partial charge in [0.1, 0.15) is 0 Å². The standard InChI is InChI=1S/C19H15BF6O3/c1-17(2)14-5-3-10(7-15(14)20(28)29-17)8-16(27)12-9-11(18(21,22)23)4-6-13(12)19(24,25)26/h3-7,9,28H,8H2,1-2H3. The first-order valence-corrected chi connectivity index (χ1v) is 8.51. The summed E-state index contributed by atoms with van der Waals surface area (Å²) in [5.74, 6) is -1.11. The van der Waals surface area contributed by atoms with E-state index < -0.39 is 54.0 Å². The van der Waals surface area contributed by atoms with Crippen LogP contribution in [0.4, 0.5) is 26.3 Å². The van der Waals surface area contributed by atoms with Gasteiger partial charge in [-0.05, 0) is 48.6 Å². The zero-order chi connectivity index (χ0) is 21.8. The maximum atomic E-state index is 13.2. The number of halogens is 6. The number of fused-ring (bicyclic) bond motifs is 1. The molecule has 0 aromatic heterocycles. The van der Waals surface area contributed by atoms with E-state index in [1.54, 1.807) is 19.9 Å². The van der Waals surface area contributed by atoms with Gasteiger partial charge < -0.3 is 9.68 Å². The minimum absolute atomic E-state index is 0.222. The summed E-state index contributed by atoms with van der Waals surface area (Å²) in [7, 11) is -1.27. The van der Waals surface area contributed by atoms with E-state index in [-0.39, 0.29) is 17.7 Å². The third kappa shape index (κ3) is 4.18. The van der Waals surface area contributed by atoms with Gasteiger partial charge in [0.25, 0.3) is 0 Å². The SMILES string of the molecule is CC1(C)OB(O)c2cc(CC(=O)c3cc(C(F)(F)F)ccc3C(F)(F)F)ccc21. The fourth-order valence-electron chi connectivity index (χ4n) is 3.36. The smallest absolute Gasteiger partial charge is 0.423 e. The van der Waals surface area contributed by atoms with Crippen LogP contribution < -0.4 is 5.46 Å². The van der Waals surface area contributed by atoms with Gasteiger partial charge in [-0.3, -0.25) is 4.79 Å². The fraction of sp³-hybridized carbons (Fsp3) is 0.316. The number of rotatable bonds is 3. The van der Waals surface area contributed by atoms with Gasteiger partial charge in [0.05, 0.1) is 16.7 Å². The minimum atomic E-state index is -4.99. The average Bonchev–Trinajstić information content (AvgIpc) is 2.81. The molecule has 0 fully saturated rings. The summed E-state index contributed by atoms with van der Waals surface area (Å²) in [6.45, 7) is 3.43. The Morgan fingerprint density at radius 1 is 1.03 bits per heavy atom. The molecule has 0 amide bonds. The first-order valence-electron chi connectivity index (χ1n) is 8.51. The van der Waals surface area contributed by atoms with Crippen molar-refractivity contribution in [1.82, 2.24) is 0 Å². The Balaban J connectivity index is 1.98. The lowest BCUT2D eigenvalue weighted by Crippen LogP contribution is -2.29. The van der Waals surface area contributed by atoms with Crippen LogP contribution in [0.1, 0.15) is 46.5 Å². The van der Waals surface area contributed by atoms with Crippen LogP contribution in [0.3, 0.4) is 0 Å². The number of Topliss-reactive ketones (excluding diaryl/α,β-unsaturated/α-hetero) is 1. The Kier molecular flexibility index (Phi) is 5.07. The van der Waals surface area contributed by atoms with Crippen LogP contribution in [0, 0.1) is 0 Å². The molecule has 0 radical (unpaired) electrons. The summed E-state index contributed by atoms with van der Waals surface area (Å²) in [5, 5.41) is 9.99. The molecule has 0 bridgehead atoms. The second-order valence-electron chi connectivity index (χ2n) is 7.26. The third-order valence-electron chi connectivity index (χ3n) is 4.75. The number of hydrogen-bond acceptors (Lipinski definition) is 3. The molecule has 10 heteroatoms. The number of benzene rings is 2. The average molecular weight is 416 g/mol. The lowest BCUT2D eigenvalue weighted by Gasteiger charge is -2.19. The van der Waals surface area contributed by atoms with E-state index in [0.29, 0.717) is 17.1 Å². The van der Waals surface area contributed by atoms with Gasteiger partial charge in [-0.15, -0.1) is 0 Å². The molecule has 0 saturated carbocycles. The maximum absolute atomic E-state index is 13.2. The van der Waals surface area contributed by atoms with Crippen molar-refractivity contribution in [2.45, 2.75) is 38.2 Å². The first-order chi connectivity index (χ1) is 13.2. The number of carbonyl (C=O) groups is 1. The van der Waals surface area contributed by atoms with Gasteiger partial charge in [-0.1, -0.05) is 18.2 Å². The Labute approximate surface area is 162 Å². The highest BCUT2D eigenvalue weighted by atomic mass is 19.4. The molecule has 2 aromatic carbocycles. The van der Waals surface area contributed by atoms with Gasteiger partial charge in [-0.2, -0.15) is 26.3 Å². The highest BCUT2D eigenvalue weighted by molar-refractivity contribution is 6.62. The summed E-state index contributed by atoms with van der Waals surface area (Å²) in [6.07, 6.45) is -10.4. The van der Waals surface area contributed by atoms with Crippen LogP contribution in [0.5, 0.6) is 0 Å². The second-order valence-corrected chi connectivity index (χ2v) is 7.26. The Morgan fingerprint density at radius 2 is 1.69 bits per heavy atom. The van der Waals surface area contributed by atoms with E-state index in [1.165, 1.54) is 12.1 Å². The van der Waals surface area contributed by atoms with Gasteiger partial charge >= 0.3 is 19.5 Å². The summed E-state index contributed by atoms with van der Waals surface area (Å²) >= 11 is 0. The van der Waals surface area contributed by atoms with Crippen LogP contribution in [0.2, 0.25) is 0 Å². The predicted octanol–water partition coefficient (Wildman–Crippen LogP) is 4.10. The van der Waals surface area contributed by atoms with Crippen molar-refractivity contribution in [3.05, 3.63) is 64.2 Å². The van der Waals surface area contributed by atoms with Gasteiger partial charge in [0.15, 0.2) is 5.78 Å². The fourth-order valence-corrected chi connectivity index (χ4v) is 3.36. The van der Waals surface area contributed by atoms with Crippen LogP contribution in [-0.2, 0) is 29.0 Å². The Morgan fingerprint density at radius 3 is 2.28 bits per heavy atom. The molecule has 3 nitrogen and oxygen atoms in total. The maximum Gasteiger partial charge on any atom is 0.492 e. The molecule has 0 aliphatic carbocycles. The van der Waals surface area contributed by atoms with Crippen LogP contribution >= 0.6 is 0 Å². The van der Waals surface area contributed by atoms with Crippen molar-refractivity contribution in [2.75, 3.05) is 0 Å². The molecular formula is C19H15BF6O3. The lowest BCUT2D eigenvalue weighted by molar-refractivity contribution is -0.141. The summed E-state index contributed by atoms with van der Waals surface area (Å²) in [5.41, 5.74) is -3.35. The van der Waals surface area contributed by atoms with E-state index in [1.807, 2.05) is 0 Å². The molecule has 0 atom stereocenters. The molecule has 154 valence electrons. The molecule has 1 aliphatic heterocycles. The highest BCUT2D eigenvalue weighted by Crippen LogP contribution is 2.37. The van der Waals surface area contributed by atoms with Crippen molar-refractivity contribution in [3.63, 3.8) is 0 Å². The molecule has 1 N–H and O–H groups in total. The normalized spacial score (nSPS) is 16.1. The van der Waals surface area contributed by atoms with E-state index >= 15 is 0 Å². The quantitative estimate of drug-likeness (QED) is 0.466. The van der Waals surface area contributed by atoms with Crippen molar-refractivity contribution in [1.29, 1.82) is 0 Å². The van der Waals surface area contributed by atoms with Crippen molar-refractivity contribution in [3.8, 4) is 0 Å². The molecule has 2 aromatic rings. The summed E-state index contributed by atoms with van der Waals surface area (Å²) < 4.78 is 83.8. The number of carbonyl (C=O) groups excluding carboxylic acids is 1. The first kappa shape index (κ1) is 21.4. The second kappa shape index (κ2) is 6.88. The summed E-state index contributed by atoms with van der Waals surface area (Å²) in [6, 6.07) is 5.24. The Hall–Kier alpha value is -2.33. The molecule has 29 heavy (non-hydrogen) atoms. The molecule has 1 aliphatic rings. The van der Waals surface area contributed by atoms with Gasteiger partial charge in [0.2, 0.25) is 0 Å². The van der Waals surface area contributed by atoms with Crippen LogP contribution in [0.15, 0.2) is 36.4 Å². The Bertz CT molecular complexity index is 965. The topological polar surface area (TPSA) is 46.5 Å². The summed E-state index contributed by atoms with van der Waals surface area (Å²) in [4.78, 5) is 12.5. The van der Waals surface area contributed by atoms with Gasteiger partial charge in [0, 0.05) is 12.0 Å². The molecular weight excluding hydrogens is 401 g/mol. The third-order valence-corrected chi connectivity index (χ3v) is 4.75. The van der Waals surface area contributed by atoms with E-state index in [0.717, 1.165) is 0 Å². The molecule has 1 heterocycles. The molecule has 0 unspecified atom stereocenters. The van der Waals surface area contributed by atoms with Gasteiger partial charge in [-0.25, -0.2) is 0 Å². The molecule has 0 spiro atoms. The van der Waals surface area contributed by atoms with Crippen molar-refractivity contribution >= 4 is 18.4 Å². The highest BCUT2D eigenvalue weighted by Gasteiger charge is 2.41. The lowest BCUT2D eigenvalue weighted by atomic mass is 9.77. The number of alkyl halides is 6. The van der Waals surface area contributed by atoms with Crippen LogP contribution in [0.25, 0.3) is 0 Å². The van der Waals surface area contributed by atoms with Crippen molar-refractivity contribution in [2.24, 2.45) is 0 Å². The van der Waals surface area contributed by atoms with E-state index in [2.05, 4.69) is 0 Å². The van der Waals surface area contributed by atoms with E-state index in [9.17, 15) is 36.2 Å². The van der Waals surface area contributed by atoms with E-state index in [4.69, 9.17) is 4.65 Å². The number of hydrogen-bond donors (Lipinski definition) is 1.